The van der Waals surface area contributed by atoms with Gasteiger partial charge in [-0.25, -0.2) is 0 Å². The van der Waals surface area contributed by atoms with Gasteiger partial charge in [0.25, 0.3) is 0 Å². The Bertz CT molecular complexity index is 1140. The SMILES string of the molecule is CC/C=C\C/C=C\C/C=C\C/C=C\CCCCCC(=O)OCC(COC(=O)CCCCCCC/C=C\CCCC)OC(=O)CCCCCCC/C=C\C/C=C\CC. The predicted molar refractivity (Wildman–Crippen MR) is 242 cm³/mol. The number of esters is 3. The van der Waals surface area contributed by atoms with Crippen LogP contribution in [0.15, 0.2) is 85.1 Å². The largest absolute Gasteiger partial charge is 0.462 e. The Hall–Kier alpha value is -3.41. The third-order valence-electron chi connectivity index (χ3n) is 9.36. The maximum atomic E-state index is 12.7. The van der Waals surface area contributed by atoms with Crippen LogP contribution < -0.4 is 0 Å². The van der Waals surface area contributed by atoms with Crippen LogP contribution in [0.2, 0.25) is 0 Å². The van der Waals surface area contributed by atoms with Crippen LogP contribution in [0.4, 0.5) is 0 Å². The third-order valence-corrected chi connectivity index (χ3v) is 9.36. The summed E-state index contributed by atoms with van der Waals surface area (Å²) < 4.78 is 16.7. The molecule has 0 fully saturated rings. The molecule has 324 valence electrons. The van der Waals surface area contributed by atoms with E-state index in [0.29, 0.717) is 19.3 Å². The van der Waals surface area contributed by atoms with Gasteiger partial charge in [0.15, 0.2) is 6.10 Å². The maximum absolute atomic E-state index is 12.7. The molecule has 0 N–H and O–H groups in total. The van der Waals surface area contributed by atoms with Crippen molar-refractivity contribution < 1.29 is 28.6 Å². The highest BCUT2D eigenvalue weighted by molar-refractivity contribution is 5.71. The second-order valence-corrected chi connectivity index (χ2v) is 14.9. The van der Waals surface area contributed by atoms with Crippen molar-refractivity contribution >= 4 is 17.9 Å². The van der Waals surface area contributed by atoms with Crippen molar-refractivity contribution in [2.45, 2.75) is 207 Å². The second kappa shape index (κ2) is 45.3. The number of rotatable bonds is 40. The number of ether oxygens (including phenoxy) is 3. The van der Waals surface area contributed by atoms with Gasteiger partial charge in [-0.3, -0.25) is 14.4 Å². The van der Waals surface area contributed by atoms with Crippen LogP contribution in [0, 0.1) is 0 Å². The monoisotopic (exact) mass is 793 g/mol. The van der Waals surface area contributed by atoms with Gasteiger partial charge < -0.3 is 14.2 Å². The van der Waals surface area contributed by atoms with Gasteiger partial charge in [0.2, 0.25) is 0 Å². The summed E-state index contributed by atoms with van der Waals surface area (Å²) in [6, 6.07) is 0. The Morgan fingerprint density at radius 2 is 0.684 bits per heavy atom. The minimum absolute atomic E-state index is 0.0984. The average molecular weight is 793 g/mol. The van der Waals surface area contributed by atoms with Crippen LogP contribution in [-0.2, 0) is 28.6 Å². The van der Waals surface area contributed by atoms with E-state index in [4.69, 9.17) is 14.2 Å². The van der Waals surface area contributed by atoms with Gasteiger partial charge in [-0.2, -0.15) is 0 Å². The first-order valence-electron chi connectivity index (χ1n) is 23.1. The summed E-state index contributed by atoms with van der Waals surface area (Å²) in [4.78, 5) is 37.8. The van der Waals surface area contributed by atoms with E-state index in [1.54, 1.807) is 0 Å². The van der Waals surface area contributed by atoms with Crippen molar-refractivity contribution in [1.82, 2.24) is 0 Å². The number of hydrogen-bond acceptors (Lipinski definition) is 6. The van der Waals surface area contributed by atoms with Gasteiger partial charge in [0, 0.05) is 19.3 Å². The summed E-state index contributed by atoms with van der Waals surface area (Å²) in [5.74, 6) is -0.963. The van der Waals surface area contributed by atoms with E-state index in [-0.39, 0.29) is 31.1 Å². The minimum atomic E-state index is -0.798. The molecule has 0 saturated carbocycles. The molecule has 0 aromatic carbocycles. The summed E-state index contributed by atoms with van der Waals surface area (Å²) in [7, 11) is 0. The first-order chi connectivity index (χ1) is 28.0. The average Bonchev–Trinajstić information content (AvgIpc) is 3.21. The zero-order valence-electron chi connectivity index (χ0n) is 36.8. The lowest BCUT2D eigenvalue weighted by molar-refractivity contribution is -0.167. The Morgan fingerprint density at radius 1 is 0.368 bits per heavy atom. The van der Waals surface area contributed by atoms with E-state index < -0.39 is 6.10 Å². The lowest BCUT2D eigenvalue weighted by Gasteiger charge is -2.18. The molecule has 1 atom stereocenters. The zero-order chi connectivity index (χ0) is 41.5. The van der Waals surface area contributed by atoms with Gasteiger partial charge >= 0.3 is 17.9 Å². The summed E-state index contributed by atoms with van der Waals surface area (Å²) in [6.45, 7) is 6.30. The predicted octanol–water partition coefficient (Wildman–Crippen LogP) is 14.9. The molecular formula is C51H84O6. The molecule has 57 heavy (non-hydrogen) atoms. The molecule has 0 saturated heterocycles. The van der Waals surface area contributed by atoms with Gasteiger partial charge in [-0.1, -0.05) is 164 Å². The molecule has 6 nitrogen and oxygen atoms in total. The molecule has 0 aromatic heterocycles. The molecule has 0 bridgehead atoms. The Labute approximate surface area is 350 Å². The molecule has 1 unspecified atom stereocenters. The summed E-state index contributed by atoms with van der Waals surface area (Å²) in [6.07, 6.45) is 57.1. The fraction of sp³-hybridized carbons (Fsp3) is 0.667. The van der Waals surface area contributed by atoms with Crippen LogP contribution in [0.5, 0.6) is 0 Å². The lowest BCUT2D eigenvalue weighted by atomic mass is 10.1. The lowest BCUT2D eigenvalue weighted by Crippen LogP contribution is -2.30. The van der Waals surface area contributed by atoms with Gasteiger partial charge in [-0.05, 0) is 103 Å². The van der Waals surface area contributed by atoms with E-state index in [0.717, 1.165) is 135 Å². The molecule has 0 amide bonds. The summed E-state index contributed by atoms with van der Waals surface area (Å²) in [5.41, 5.74) is 0. The molecule has 0 spiro atoms. The highest BCUT2D eigenvalue weighted by Crippen LogP contribution is 2.12. The maximum Gasteiger partial charge on any atom is 0.306 e. The van der Waals surface area contributed by atoms with E-state index in [1.807, 2.05) is 0 Å². The normalized spacial score (nSPS) is 12.8. The van der Waals surface area contributed by atoms with E-state index >= 15 is 0 Å². The highest BCUT2D eigenvalue weighted by atomic mass is 16.6. The smallest absolute Gasteiger partial charge is 0.306 e. The molecule has 0 aliphatic rings. The Balaban J connectivity index is 4.47. The van der Waals surface area contributed by atoms with Gasteiger partial charge in [0.1, 0.15) is 13.2 Å². The molecule has 0 aliphatic carbocycles. The first kappa shape index (κ1) is 53.6. The molecule has 0 aromatic rings. The quantitative estimate of drug-likeness (QED) is 0.0266. The van der Waals surface area contributed by atoms with E-state index in [2.05, 4.69) is 106 Å². The summed E-state index contributed by atoms with van der Waals surface area (Å²) >= 11 is 0. The van der Waals surface area contributed by atoms with Crippen molar-refractivity contribution in [2.24, 2.45) is 0 Å². The van der Waals surface area contributed by atoms with Crippen molar-refractivity contribution in [2.75, 3.05) is 13.2 Å². The highest BCUT2D eigenvalue weighted by Gasteiger charge is 2.19. The molecule has 0 radical (unpaired) electrons. The number of unbranched alkanes of at least 4 members (excludes halogenated alkanes) is 15. The van der Waals surface area contributed by atoms with Gasteiger partial charge in [0.05, 0.1) is 0 Å². The minimum Gasteiger partial charge on any atom is -0.462 e. The zero-order valence-corrected chi connectivity index (χ0v) is 36.8. The molecule has 0 heterocycles. The number of carbonyl (C=O) groups excluding carboxylic acids is 3. The third kappa shape index (κ3) is 43.6. The van der Waals surface area contributed by atoms with Crippen molar-refractivity contribution in [3.8, 4) is 0 Å². The topological polar surface area (TPSA) is 78.9 Å². The number of allylic oxidation sites excluding steroid dienone is 14. The van der Waals surface area contributed by atoms with Crippen LogP contribution in [0.1, 0.15) is 201 Å². The van der Waals surface area contributed by atoms with Crippen LogP contribution in [0.25, 0.3) is 0 Å². The first-order valence-corrected chi connectivity index (χ1v) is 23.1. The molecule has 0 rings (SSSR count). The number of hydrogen-bond donors (Lipinski definition) is 0. The Kier molecular flexibility index (Phi) is 42.6. The molecule has 6 heteroatoms. The van der Waals surface area contributed by atoms with Crippen LogP contribution in [0.3, 0.4) is 0 Å². The van der Waals surface area contributed by atoms with Crippen molar-refractivity contribution in [3.63, 3.8) is 0 Å². The standard InChI is InChI=1S/C51H84O6/c1-4-7-10-13-16-19-22-24-25-26-27-30-32-35-38-41-44-50(53)56-47-48(46-55-49(52)43-40-37-34-31-28-21-18-15-12-9-6-3)57-51(54)45-42-39-36-33-29-23-20-17-14-11-8-5-2/h7-8,10-11,15-20,24-25,27,30,48H,4-6,9,12-14,21-23,26,28-29,31-47H2,1-3H3/b10-7-,11-8-,18-15-,19-16-,20-17-,25-24-,30-27-. The van der Waals surface area contributed by atoms with E-state index in [1.165, 1.54) is 25.7 Å². The van der Waals surface area contributed by atoms with E-state index in [9.17, 15) is 14.4 Å². The fourth-order valence-electron chi connectivity index (χ4n) is 5.92. The number of carbonyl (C=O) groups is 3. The molecule has 0 aliphatic heterocycles. The Morgan fingerprint density at radius 3 is 1.11 bits per heavy atom. The van der Waals surface area contributed by atoms with Crippen LogP contribution in [-0.4, -0.2) is 37.2 Å². The summed E-state index contributed by atoms with van der Waals surface area (Å²) in [5, 5.41) is 0. The molecular weight excluding hydrogens is 709 g/mol. The van der Waals surface area contributed by atoms with Crippen molar-refractivity contribution in [1.29, 1.82) is 0 Å². The fourth-order valence-corrected chi connectivity index (χ4v) is 5.92. The van der Waals surface area contributed by atoms with Crippen LogP contribution >= 0.6 is 0 Å². The van der Waals surface area contributed by atoms with Crippen molar-refractivity contribution in [3.05, 3.63) is 85.1 Å². The van der Waals surface area contributed by atoms with Gasteiger partial charge in [-0.15, -0.1) is 0 Å². The second-order valence-electron chi connectivity index (χ2n) is 14.9.